The Labute approximate surface area is 226 Å². The monoisotopic (exact) mass is 549 g/mol. The third kappa shape index (κ3) is 5.34. The molecule has 0 radical (unpaired) electrons. The number of hydrogen-bond acceptors (Lipinski definition) is 5. The van der Waals surface area contributed by atoms with Crippen LogP contribution in [0.2, 0.25) is 10.0 Å². The van der Waals surface area contributed by atoms with Gasteiger partial charge in [0.1, 0.15) is 11.5 Å². The second-order valence-electron chi connectivity index (χ2n) is 7.64. The highest BCUT2D eigenvalue weighted by molar-refractivity contribution is 7.80. The molecule has 0 saturated carbocycles. The SMILES string of the molecule is O=C(C=Cc1ccc(-c2cccc(Cl)c2Cl)o1)NC(=S)Nc1nc(-c2cccc3ccccc23)cs1. The Morgan fingerprint density at radius 1 is 0.972 bits per heavy atom. The number of furan rings is 1. The third-order valence-corrected chi connectivity index (χ3v) is 7.05. The first-order valence-electron chi connectivity index (χ1n) is 10.8. The van der Waals surface area contributed by atoms with Crippen LogP contribution in [0, 0.1) is 0 Å². The van der Waals surface area contributed by atoms with Gasteiger partial charge in [-0.25, -0.2) is 4.98 Å². The van der Waals surface area contributed by atoms with Crippen LogP contribution in [0.25, 0.3) is 39.4 Å². The molecule has 2 aromatic heterocycles. The van der Waals surface area contributed by atoms with E-state index in [-0.39, 0.29) is 5.11 Å². The van der Waals surface area contributed by atoms with Crippen LogP contribution in [0.3, 0.4) is 0 Å². The summed E-state index contributed by atoms with van der Waals surface area (Å²) >= 11 is 19.0. The summed E-state index contributed by atoms with van der Waals surface area (Å²) in [7, 11) is 0. The van der Waals surface area contributed by atoms with Crippen LogP contribution in [-0.4, -0.2) is 16.0 Å². The van der Waals surface area contributed by atoms with Gasteiger partial charge in [0.05, 0.1) is 15.7 Å². The summed E-state index contributed by atoms with van der Waals surface area (Å²) in [4.78, 5) is 17.0. The Morgan fingerprint density at radius 2 is 1.75 bits per heavy atom. The smallest absolute Gasteiger partial charge is 0.250 e. The maximum Gasteiger partial charge on any atom is 0.250 e. The molecule has 0 spiro atoms. The van der Waals surface area contributed by atoms with Crippen molar-refractivity contribution in [1.29, 1.82) is 0 Å². The molecular formula is C27H17Cl2N3O2S2. The molecule has 0 aliphatic carbocycles. The van der Waals surface area contributed by atoms with E-state index < -0.39 is 5.91 Å². The van der Waals surface area contributed by atoms with Gasteiger partial charge >= 0.3 is 0 Å². The first-order valence-corrected chi connectivity index (χ1v) is 12.8. The predicted molar refractivity (Wildman–Crippen MR) is 153 cm³/mol. The molecule has 1 amide bonds. The van der Waals surface area contributed by atoms with Crippen LogP contribution < -0.4 is 10.6 Å². The lowest BCUT2D eigenvalue weighted by atomic mass is 10.0. The summed E-state index contributed by atoms with van der Waals surface area (Å²) in [5.74, 6) is 0.623. The standard InChI is InChI=1S/C27H17Cl2N3O2S2/c28-21-10-4-9-20(25(21)29)23-13-11-17(34-23)12-14-24(33)31-26(35)32-27-30-22(15-36-27)19-8-3-6-16-5-1-2-7-18(16)19/h1-15H,(H2,30,31,32,33,35). The summed E-state index contributed by atoms with van der Waals surface area (Å²) in [6.45, 7) is 0. The van der Waals surface area contributed by atoms with E-state index in [1.54, 1.807) is 30.3 Å². The summed E-state index contributed by atoms with van der Waals surface area (Å²) < 4.78 is 5.77. The Kier molecular flexibility index (Phi) is 7.16. The van der Waals surface area contributed by atoms with Gasteiger partial charge in [-0.1, -0.05) is 71.7 Å². The molecule has 9 heteroatoms. The van der Waals surface area contributed by atoms with E-state index in [1.807, 2.05) is 35.7 Å². The van der Waals surface area contributed by atoms with Gasteiger partial charge in [-0.2, -0.15) is 0 Å². The number of aromatic nitrogens is 1. The zero-order valence-corrected chi connectivity index (χ0v) is 21.6. The maximum atomic E-state index is 12.3. The molecule has 0 fully saturated rings. The number of amides is 1. The quantitative estimate of drug-likeness (QED) is 0.171. The molecule has 0 unspecified atom stereocenters. The molecule has 2 N–H and O–H groups in total. The van der Waals surface area contributed by atoms with Crippen LogP contribution >= 0.6 is 46.8 Å². The number of fused-ring (bicyclic) bond motifs is 1. The summed E-state index contributed by atoms with van der Waals surface area (Å²) in [5, 5.41) is 11.4. The number of thiocarbonyl (C=S) groups is 1. The number of anilines is 1. The number of carbonyl (C=O) groups excluding carboxylic acids is 1. The lowest BCUT2D eigenvalue weighted by molar-refractivity contribution is -0.115. The Morgan fingerprint density at radius 3 is 2.64 bits per heavy atom. The lowest BCUT2D eigenvalue weighted by Crippen LogP contribution is -2.32. The van der Waals surface area contributed by atoms with Crippen molar-refractivity contribution in [1.82, 2.24) is 10.3 Å². The van der Waals surface area contributed by atoms with Crippen LogP contribution in [0.1, 0.15) is 5.76 Å². The molecule has 5 nitrogen and oxygen atoms in total. The fourth-order valence-corrected chi connectivity index (χ4v) is 5.00. The van der Waals surface area contributed by atoms with Gasteiger partial charge in [-0.3, -0.25) is 10.1 Å². The Bertz CT molecular complexity index is 1620. The van der Waals surface area contributed by atoms with E-state index in [0.717, 1.165) is 22.0 Å². The molecule has 0 aliphatic heterocycles. The van der Waals surface area contributed by atoms with Crippen LogP contribution in [0.5, 0.6) is 0 Å². The highest BCUT2D eigenvalue weighted by Gasteiger charge is 2.12. The predicted octanol–water partition coefficient (Wildman–Crippen LogP) is 8.06. The minimum absolute atomic E-state index is 0.148. The van der Waals surface area contributed by atoms with Crippen molar-refractivity contribution in [3.05, 3.63) is 100 Å². The summed E-state index contributed by atoms with van der Waals surface area (Å²) in [6, 6.07) is 23.1. The van der Waals surface area contributed by atoms with Gasteiger partial charge in [-0.05, 0) is 53.3 Å². The first kappa shape index (κ1) is 24.2. The number of thiazole rings is 1. The number of hydrogen-bond donors (Lipinski definition) is 2. The van der Waals surface area contributed by atoms with Crippen molar-refractivity contribution in [2.45, 2.75) is 0 Å². The van der Waals surface area contributed by atoms with Crippen molar-refractivity contribution in [3.63, 3.8) is 0 Å². The minimum Gasteiger partial charge on any atom is -0.457 e. The van der Waals surface area contributed by atoms with Gasteiger partial charge in [0.2, 0.25) is 5.91 Å². The van der Waals surface area contributed by atoms with Crippen LogP contribution in [-0.2, 0) is 4.79 Å². The highest BCUT2D eigenvalue weighted by Crippen LogP contribution is 2.34. The van der Waals surface area contributed by atoms with Gasteiger partial charge in [0.15, 0.2) is 10.2 Å². The first-order chi connectivity index (χ1) is 17.5. The van der Waals surface area contributed by atoms with Gasteiger partial charge in [-0.15, -0.1) is 11.3 Å². The van der Waals surface area contributed by atoms with Crippen LogP contribution in [0.15, 0.2) is 88.7 Å². The van der Waals surface area contributed by atoms with Crippen molar-refractivity contribution in [2.24, 2.45) is 0 Å². The fourth-order valence-electron chi connectivity index (χ4n) is 3.62. The molecular weight excluding hydrogens is 533 g/mol. The zero-order valence-electron chi connectivity index (χ0n) is 18.5. The normalized spacial score (nSPS) is 11.2. The Hall–Kier alpha value is -3.49. The van der Waals surface area contributed by atoms with E-state index in [2.05, 4.69) is 33.8 Å². The number of nitrogens with one attached hydrogen (secondary N) is 2. The molecule has 5 rings (SSSR count). The number of nitrogens with zero attached hydrogens (tertiary/aromatic N) is 1. The van der Waals surface area contributed by atoms with Crippen molar-refractivity contribution in [3.8, 4) is 22.6 Å². The molecule has 3 aromatic carbocycles. The van der Waals surface area contributed by atoms with Crippen LogP contribution in [0.4, 0.5) is 5.13 Å². The third-order valence-electron chi connectivity index (χ3n) is 5.27. The number of carbonyl (C=O) groups is 1. The molecule has 2 heterocycles. The number of rotatable bonds is 5. The molecule has 0 bridgehead atoms. The molecule has 0 atom stereocenters. The average molecular weight is 550 g/mol. The van der Waals surface area contributed by atoms with Crippen molar-refractivity contribution in [2.75, 3.05) is 5.32 Å². The second kappa shape index (κ2) is 10.6. The highest BCUT2D eigenvalue weighted by atomic mass is 35.5. The fraction of sp³-hybridized carbons (Fsp3) is 0. The van der Waals surface area contributed by atoms with E-state index in [4.69, 9.17) is 39.8 Å². The van der Waals surface area contributed by atoms with Gasteiger partial charge in [0, 0.05) is 22.6 Å². The summed E-state index contributed by atoms with van der Waals surface area (Å²) in [5.41, 5.74) is 2.54. The second-order valence-corrected chi connectivity index (χ2v) is 9.70. The molecule has 36 heavy (non-hydrogen) atoms. The maximum absolute atomic E-state index is 12.3. The molecule has 0 aliphatic rings. The minimum atomic E-state index is -0.405. The van der Waals surface area contributed by atoms with E-state index in [0.29, 0.717) is 32.3 Å². The van der Waals surface area contributed by atoms with E-state index in [9.17, 15) is 4.79 Å². The zero-order chi connectivity index (χ0) is 25.1. The average Bonchev–Trinajstić information content (AvgIpc) is 3.54. The lowest BCUT2D eigenvalue weighted by Gasteiger charge is -2.05. The summed E-state index contributed by atoms with van der Waals surface area (Å²) in [6.07, 6.45) is 2.88. The van der Waals surface area contributed by atoms with E-state index in [1.165, 1.54) is 17.4 Å². The Balaban J connectivity index is 1.21. The van der Waals surface area contributed by atoms with Gasteiger partial charge < -0.3 is 9.73 Å². The molecule has 0 saturated heterocycles. The van der Waals surface area contributed by atoms with Crippen molar-refractivity contribution >= 4 is 79.8 Å². The van der Waals surface area contributed by atoms with E-state index >= 15 is 0 Å². The van der Waals surface area contributed by atoms with Gasteiger partial charge in [0.25, 0.3) is 0 Å². The molecule has 178 valence electrons. The number of benzene rings is 3. The molecule has 5 aromatic rings. The topological polar surface area (TPSA) is 67.2 Å². The number of halogens is 2. The van der Waals surface area contributed by atoms with Crippen molar-refractivity contribution < 1.29 is 9.21 Å². The largest absolute Gasteiger partial charge is 0.457 e.